The summed E-state index contributed by atoms with van der Waals surface area (Å²) in [4.78, 5) is 0.0524. The molecule has 0 aliphatic carbocycles. The predicted molar refractivity (Wildman–Crippen MR) is 114 cm³/mol. The van der Waals surface area contributed by atoms with Gasteiger partial charge in [0.05, 0.1) is 31.6 Å². The second kappa shape index (κ2) is 10.4. The van der Waals surface area contributed by atoms with Crippen molar-refractivity contribution in [3.05, 3.63) is 29.3 Å². The molecule has 26 heavy (non-hydrogen) atoms. The van der Waals surface area contributed by atoms with Crippen molar-refractivity contribution in [2.45, 2.75) is 37.5 Å². The molecule has 7 heteroatoms. The Hall–Kier alpha value is -0.210. The molecule has 148 valence electrons. The summed E-state index contributed by atoms with van der Waals surface area (Å²) < 4.78 is 33.5. The van der Waals surface area contributed by atoms with Crippen LogP contribution in [-0.4, -0.2) is 67.1 Å². The molecule has 1 aliphatic heterocycles. The van der Waals surface area contributed by atoms with Crippen LogP contribution in [0.5, 0.6) is 0 Å². The monoisotopic (exact) mass is 418 g/mol. The highest BCUT2D eigenvalue weighted by Crippen LogP contribution is 2.20. The highest BCUT2D eigenvalue weighted by Gasteiger charge is 2.23. The van der Waals surface area contributed by atoms with E-state index in [1.165, 1.54) is 55.2 Å². The summed E-state index contributed by atoms with van der Waals surface area (Å²) >= 11 is 3.89. The number of piperidine rings is 1. The smallest absolute Gasteiger partial charge is 0.294 e. The van der Waals surface area contributed by atoms with E-state index in [4.69, 9.17) is 0 Å². The fraction of sp³-hybridized carbons (Fsp3) is 0.684. The van der Waals surface area contributed by atoms with Gasteiger partial charge >= 0.3 is 0 Å². The van der Waals surface area contributed by atoms with Crippen LogP contribution in [0.4, 0.5) is 0 Å². The van der Waals surface area contributed by atoms with E-state index >= 15 is 0 Å². The number of nitrogens with zero attached hydrogens (tertiary/aromatic N) is 1. The van der Waals surface area contributed by atoms with E-state index in [9.17, 15) is 13.0 Å². The Balaban J connectivity index is 1.63. The lowest BCUT2D eigenvalue weighted by Gasteiger charge is -2.37. The van der Waals surface area contributed by atoms with Gasteiger partial charge in [0, 0.05) is 17.3 Å². The van der Waals surface area contributed by atoms with Crippen molar-refractivity contribution in [2.24, 2.45) is 0 Å². The predicted octanol–water partition coefficient (Wildman–Crippen LogP) is 3.88. The van der Waals surface area contributed by atoms with E-state index in [0.29, 0.717) is 6.42 Å². The molecule has 4 nitrogen and oxygen atoms in total. The van der Waals surface area contributed by atoms with Gasteiger partial charge in [0.2, 0.25) is 0 Å². The molecule has 0 saturated carbocycles. The molecule has 1 heterocycles. The maximum atomic E-state index is 11.5. The van der Waals surface area contributed by atoms with Crippen LogP contribution >= 0.6 is 23.5 Å². The third-order valence-corrected chi connectivity index (χ3v) is 8.22. The van der Waals surface area contributed by atoms with Crippen LogP contribution in [0.1, 0.15) is 30.4 Å². The summed E-state index contributed by atoms with van der Waals surface area (Å²) in [5.41, 5.74) is 1.73. The largest absolute Gasteiger partial charge is 0.325 e. The molecule has 1 N–H and O–H groups in total. The summed E-state index contributed by atoms with van der Waals surface area (Å²) in [6.07, 6.45) is 4.82. The van der Waals surface area contributed by atoms with Gasteiger partial charge in [-0.2, -0.15) is 31.9 Å². The van der Waals surface area contributed by atoms with Crippen LogP contribution in [-0.2, 0) is 16.5 Å². The number of aryl methyl sites for hydroxylation is 2. The van der Waals surface area contributed by atoms with Gasteiger partial charge in [-0.3, -0.25) is 4.55 Å². The first-order valence-corrected chi connectivity index (χ1v) is 13.1. The highest BCUT2D eigenvalue weighted by molar-refractivity contribution is 8.02. The van der Waals surface area contributed by atoms with Crippen LogP contribution < -0.4 is 0 Å². The van der Waals surface area contributed by atoms with Crippen molar-refractivity contribution in [1.29, 1.82) is 0 Å². The molecule has 1 aromatic carbocycles. The zero-order valence-corrected chi connectivity index (χ0v) is 18.4. The lowest BCUT2D eigenvalue weighted by molar-refractivity contribution is -0.911. The van der Waals surface area contributed by atoms with Crippen molar-refractivity contribution in [3.8, 4) is 0 Å². The average Bonchev–Trinajstić information content (AvgIpc) is 2.57. The Bertz CT molecular complexity index is 671. The van der Waals surface area contributed by atoms with Gasteiger partial charge in [0.15, 0.2) is 0 Å². The molecule has 0 bridgehead atoms. The average molecular weight is 419 g/mol. The Morgan fingerprint density at radius 2 is 1.69 bits per heavy atom. The van der Waals surface area contributed by atoms with Gasteiger partial charge in [-0.15, -0.1) is 0 Å². The van der Waals surface area contributed by atoms with E-state index < -0.39 is 10.1 Å². The number of benzene rings is 1. The van der Waals surface area contributed by atoms with E-state index in [0.717, 1.165) is 28.4 Å². The first-order chi connectivity index (χ1) is 12.3. The molecule has 0 radical (unpaired) electrons. The van der Waals surface area contributed by atoms with Crippen LogP contribution in [0, 0.1) is 6.92 Å². The minimum Gasteiger partial charge on any atom is -0.325 e. The molecule has 0 atom stereocenters. The zero-order chi connectivity index (χ0) is 19.0. The van der Waals surface area contributed by atoms with Crippen LogP contribution in [0.3, 0.4) is 0 Å². The van der Waals surface area contributed by atoms with Crippen LogP contribution in [0.2, 0.25) is 0 Å². The minimum absolute atomic E-state index is 0.0524. The zero-order valence-electron chi connectivity index (χ0n) is 15.9. The standard InChI is InChI=1S/C19H31NO3S3/c1-17-6-7-19(26(21,22)23)18(16-17)8-12-24-14-15-25-13-11-20(2)9-4-3-5-10-20/h6-7,16H,3-5,8-15H2,1-2H3/p+1. The number of hydrogen-bond donors (Lipinski definition) is 1. The van der Waals surface area contributed by atoms with Crippen molar-refractivity contribution in [3.63, 3.8) is 0 Å². The Morgan fingerprint density at radius 3 is 2.35 bits per heavy atom. The maximum absolute atomic E-state index is 11.5. The van der Waals surface area contributed by atoms with Crippen molar-refractivity contribution in [1.82, 2.24) is 0 Å². The Kier molecular flexibility index (Phi) is 8.80. The maximum Gasteiger partial charge on any atom is 0.294 e. The van der Waals surface area contributed by atoms with E-state index in [1.807, 2.05) is 36.5 Å². The molecule has 1 saturated heterocycles. The van der Waals surface area contributed by atoms with Gasteiger partial charge in [0.25, 0.3) is 10.1 Å². The van der Waals surface area contributed by atoms with Crippen LogP contribution in [0.15, 0.2) is 23.1 Å². The quantitative estimate of drug-likeness (QED) is 0.355. The molecular formula is C19H32NO3S3+. The number of hydrogen-bond acceptors (Lipinski definition) is 4. The number of rotatable bonds is 10. The number of quaternary nitrogens is 1. The summed E-state index contributed by atoms with van der Waals surface area (Å²) in [7, 11) is -1.74. The summed E-state index contributed by atoms with van der Waals surface area (Å²) in [6, 6.07) is 5.09. The summed E-state index contributed by atoms with van der Waals surface area (Å²) in [5, 5.41) is 0. The van der Waals surface area contributed by atoms with Crippen LogP contribution in [0.25, 0.3) is 0 Å². The topological polar surface area (TPSA) is 54.4 Å². The molecule has 0 unspecified atom stereocenters. The van der Waals surface area contributed by atoms with E-state index in [1.54, 1.807) is 6.07 Å². The third kappa shape index (κ3) is 7.43. The van der Waals surface area contributed by atoms with E-state index in [2.05, 4.69) is 7.05 Å². The van der Waals surface area contributed by atoms with Crippen molar-refractivity contribution < 1.29 is 17.5 Å². The molecule has 0 spiro atoms. The van der Waals surface area contributed by atoms with Gasteiger partial charge in [0.1, 0.15) is 0 Å². The summed E-state index contributed by atoms with van der Waals surface area (Å²) in [6.45, 7) is 5.88. The molecule has 0 aromatic heterocycles. The Morgan fingerprint density at radius 1 is 1.04 bits per heavy atom. The number of likely N-dealkylation sites (tertiary alicyclic amines) is 1. The van der Waals surface area contributed by atoms with E-state index in [-0.39, 0.29) is 4.90 Å². The SMILES string of the molecule is Cc1ccc(S(=O)(=O)O)c(CCSCCSCC[N+]2(C)CCCCC2)c1. The van der Waals surface area contributed by atoms with Crippen molar-refractivity contribution >= 4 is 33.6 Å². The molecule has 2 rings (SSSR count). The van der Waals surface area contributed by atoms with Gasteiger partial charge < -0.3 is 4.48 Å². The lowest BCUT2D eigenvalue weighted by Crippen LogP contribution is -2.49. The van der Waals surface area contributed by atoms with Gasteiger partial charge in [-0.1, -0.05) is 17.7 Å². The highest BCUT2D eigenvalue weighted by atomic mass is 32.2. The summed E-state index contributed by atoms with van der Waals surface area (Å²) in [5.74, 6) is 4.33. The molecule has 1 aromatic rings. The number of thioether (sulfide) groups is 2. The first kappa shape index (κ1) is 22.1. The first-order valence-electron chi connectivity index (χ1n) is 9.36. The van der Waals surface area contributed by atoms with Gasteiger partial charge in [-0.25, -0.2) is 0 Å². The second-order valence-corrected chi connectivity index (χ2v) is 11.3. The third-order valence-electron chi connectivity index (χ3n) is 5.05. The van der Waals surface area contributed by atoms with Gasteiger partial charge in [-0.05, 0) is 50.0 Å². The fourth-order valence-electron chi connectivity index (χ4n) is 3.44. The molecule has 0 amide bonds. The molecule has 1 aliphatic rings. The molecule has 1 fully saturated rings. The lowest BCUT2D eigenvalue weighted by atomic mass is 10.1. The Labute approximate surface area is 167 Å². The molecular weight excluding hydrogens is 386 g/mol. The van der Waals surface area contributed by atoms with Crippen molar-refractivity contribution in [2.75, 3.05) is 49.7 Å². The minimum atomic E-state index is -4.14. The second-order valence-electron chi connectivity index (χ2n) is 7.41. The normalized spacial score (nSPS) is 17.3. The fourth-order valence-corrected chi connectivity index (χ4v) is 6.46.